The number of aryl methyl sites for hydroxylation is 1. The highest BCUT2D eigenvalue weighted by molar-refractivity contribution is 5.93. The van der Waals surface area contributed by atoms with Gasteiger partial charge >= 0.3 is 5.97 Å². The van der Waals surface area contributed by atoms with Gasteiger partial charge in [0, 0.05) is 11.8 Å². The number of hydrogen-bond acceptors (Lipinski definition) is 4. The number of carbonyl (C=O) groups excluding carboxylic acids is 2. The lowest BCUT2D eigenvalue weighted by Crippen LogP contribution is -2.12. The van der Waals surface area contributed by atoms with Crippen molar-refractivity contribution in [3.05, 3.63) is 52.8 Å². The molecule has 0 unspecified atom stereocenters. The van der Waals surface area contributed by atoms with E-state index in [1.54, 1.807) is 29.9 Å². The van der Waals surface area contributed by atoms with Crippen LogP contribution in [0, 0.1) is 6.92 Å². The minimum atomic E-state index is -0.451. The van der Waals surface area contributed by atoms with Crippen molar-refractivity contribution in [3.63, 3.8) is 0 Å². The molecule has 21 heavy (non-hydrogen) atoms. The Hall–Kier alpha value is -2.63. The summed E-state index contributed by atoms with van der Waals surface area (Å²) < 4.78 is 6.56. The molecule has 2 rings (SSSR count). The number of aromatic nitrogens is 2. The number of primary amides is 1. The zero-order valence-corrected chi connectivity index (χ0v) is 12.0. The van der Waals surface area contributed by atoms with Crippen molar-refractivity contribution in [2.75, 3.05) is 6.61 Å². The molecule has 0 spiro atoms. The summed E-state index contributed by atoms with van der Waals surface area (Å²) >= 11 is 0. The second-order valence-electron chi connectivity index (χ2n) is 4.65. The molecule has 0 saturated heterocycles. The van der Waals surface area contributed by atoms with Crippen molar-refractivity contribution in [1.82, 2.24) is 9.78 Å². The summed E-state index contributed by atoms with van der Waals surface area (Å²) in [6.07, 6.45) is 3.12. The van der Waals surface area contributed by atoms with Gasteiger partial charge in [0.05, 0.1) is 24.9 Å². The molecule has 0 saturated carbocycles. The maximum atomic E-state index is 11.6. The minimum Gasteiger partial charge on any atom is -0.462 e. The molecule has 6 nitrogen and oxygen atoms in total. The number of amides is 1. The van der Waals surface area contributed by atoms with E-state index in [0.717, 1.165) is 11.1 Å². The molecular formula is C15H17N3O3. The van der Waals surface area contributed by atoms with E-state index in [1.165, 1.54) is 6.20 Å². The predicted molar refractivity (Wildman–Crippen MR) is 77.0 cm³/mol. The molecule has 1 amide bonds. The van der Waals surface area contributed by atoms with Crippen LogP contribution in [0.4, 0.5) is 0 Å². The Kier molecular flexibility index (Phi) is 4.37. The number of nitrogens with two attached hydrogens (primary N) is 1. The summed E-state index contributed by atoms with van der Waals surface area (Å²) in [5.41, 5.74) is 8.08. The summed E-state index contributed by atoms with van der Waals surface area (Å²) in [7, 11) is 0. The van der Waals surface area contributed by atoms with Gasteiger partial charge in [0.25, 0.3) is 0 Å². The quantitative estimate of drug-likeness (QED) is 0.844. The summed E-state index contributed by atoms with van der Waals surface area (Å²) in [4.78, 5) is 22.7. The topological polar surface area (TPSA) is 87.2 Å². The lowest BCUT2D eigenvalue weighted by atomic mass is 10.0. The van der Waals surface area contributed by atoms with Crippen LogP contribution in [0.2, 0.25) is 0 Å². The van der Waals surface area contributed by atoms with E-state index in [-0.39, 0.29) is 5.97 Å². The molecule has 0 atom stereocenters. The fraction of sp³-hybridized carbons (Fsp3) is 0.267. The van der Waals surface area contributed by atoms with E-state index < -0.39 is 5.91 Å². The van der Waals surface area contributed by atoms with E-state index in [4.69, 9.17) is 10.5 Å². The lowest BCUT2D eigenvalue weighted by Gasteiger charge is -2.07. The van der Waals surface area contributed by atoms with E-state index >= 15 is 0 Å². The smallest absolute Gasteiger partial charge is 0.341 e. The van der Waals surface area contributed by atoms with Crippen LogP contribution in [0.5, 0.6) is 0 Å². The molecular weight excluding hydrogens is 270 g/mol. The maximum absolute atomic E-state index is 11.6. The fourth-order valence-corrected chi connectivity index (χ4v) is 1.97. The van der Waals surface area contributed by atoms with Gasteiger partial charge in [-0.1, -0.05) is 6.07 Å². The van der Waals surface area contributed by atoms with Crippen molar-refractivity contribution in [2.45, 2.75) is 20.4 Å². The Balaban J connectivity index is 2.15. The monoisotopic (exact) mass is 287 g/mol. The number of rotatable bonds is 5. The molecule has 0 aliphatic heterocycles. The standard InChI is InChI=1S/C15H17N3O3/c1-3-21-15(20)13-7-17-18(9-13)8-12-5-4-11(14(16)19)6-10(12)2/h4-7,9H,3,8H2,1-2H3,(H2,16,19). The number of ether oxygens (including phenoxy) is 1. The van der Waals surface area contributed by atoms with Crippen molar-refractivity contribution >= 4 is 11.9 Å². The highest BCUT2D eigenvalue weighted by atomic mass is 16.5. The van der Waals surface area contributed by atoms with Crippen LogP contribution in [0.3, 0.4) is 0 Å². The third kappa shape index (κ3) is 3.47. The summed E-state index contributed by atoms with van der Waals surface area (Å²) in [5.74, 6) is -0.835. The van der Waals surface area contributed by atoms with Crippen LogP contribution >= 0.6 is 0 Å². The second-order valence-corrected chi connectivity index (χ2v) is 4.65. The molecule has 0 aliphatic rings. The Labute approximate surface area is 122 Å². The van der Waals surface area contributed by atoms with Gasteiger partial charge in [0.1, 0.15) is 0 Å². The Morgan fingerprint density at radius 1 is 1.33 bits per heavy atom. The molecule has 0 bridgehead atoms. The Bertz CT molecular complexity index is 677. The van der Waals surface area contributed by atoms with E-state index in [2.05, 4.69) is 5.10 Å². The number of carbonyl (C=O) groups is 2. The third-order valence-electron chi connectivity index (χ3n) is 3.10. The normalized spacial score (nSPS) is 10.4. The van der Waals surface area contributed by atoms with Crippen molar-refractivity contribution in [3.8, 4) is 0 Å². The predicted octanol–water partition coefficient (Wildman–Crippen LogP) is 1.52. The van der Waals surface area contributed by atoms with Gasteiger partial charge in [0.15, 0.2) is 0 Å². The maximum Gasteiger partial charge on any atom is 0.341 e. The van der Waals surface area contributed by atoms with Gasteiger partial charge in [-0.2, -0.15) is 5.10 Å². The molecule has 1 aromatic carbocycles. The Morgan fingerprint density at radius 3 is 2.71 bits per heavy atom. The first-order valence-corrected chi connectivity index (χ1v) is 6.60. The van der Waals surface area contributed by atoms with E-state index in [0.29, 0.717) is 24.3 Å². The molecule has 0 fully saturated rings. The third-order valence-corrected chi connectivity index (χ3v) is 3.10. The molecule has 1 heterocycles. The van der Waals surface area contributed by atoms with Crippen LogP contribution in [-0.2, 0) is 11.3 Å². The minimum absolute atomic E-state index is 0.331. The summed E-state index contributed by atoms with van der Waals surface area (Å²) in [5, 5.41) is 4.14. The van der Waals surface area contributed by atoms with Gasteiger partial charge in [-0.05, 0) is 37.1 Å². The van der Waals surface area contributed by atoms with Gasteiger partial charge in [-0.3, -0.25) is 9.48 Å². The Morgan fingerprint density at radius 2 is 2.10 bits per heavy atom. The highest BCUT2D eigenvalue weighted by Crippen LogP contribution is 2.13. The van der Waals surface area contributed by atoms with Gasteiger partial charge < -0.3 is 10.5 Å². The van der Waals surface area contributed by atoms with Crippen molar-refractivity contribution < 1.29 is 14.3 Å². The van der Waals surface area contributed by atoms with E-state index in [9.17, 15) is 9.59 Å². The number of hydrogen-bond donors (Lipinski definition) is 1. The SMILES string of the molecule is CCOC(=O)c1cnn(Cc2ccc(C(N)=O)cc2C)c1. The fourth-order valence-electron chi connectivity index (χ4n) is 1.97. The summed E-state index contributed by atoms with van der Waals surface area (Å²) in [6.45, 7) is 4.49. The van der Waals surface area contributed by atoms with Gasteiger partial charge in [-0.15, -0.1) is 0 Å². The number of benzene rings is 1. The van der Waals surface area contributed by atoms with E-state index in [1.807, 2.05) is 13.0 Å². The average molecular weight is 287 g/mol. The summed E-state index contributed by atoms with van der Waals surface area (Å²) in [6, 6.07) is 5.26. The zero-order valence-electron chi connectivity index (χ0n) is 12.0. The first kappa shape index (κ1) is 14.8. The van der Waals surface area contributed by atoms with Gasteiger partial charge in [0.2, 0.25) is 5.91 Å². The number of nitrogens with zero attached hydrogens (tertiary/aromatic N) is 2. The van der Waals surface area contributed by atoms with Crippen LogP contribution in [0.25, 0.3) is 0 Å². The van der Waals surface area contributed by atoms with Gasteiger partial charge in [-0.25, -0.2) is 4.79 Å². The molecule has 110 valence electrons. The molecule has 1 aromatic heterocycles. The largest absolute Gasteiger partial charge is 0.462 e. The van der Waals surface area contributed by atoms with Crippen molar-refractivity contribution in [2.24, 2.45) is 5.73 Å². The number of esters is 1. The van der Waals surface area contributed by atoms with Crippen LogP contribution < -0.4 is 5.73 Å². The molecule has 6 heteroatoms. The first-order valence-electron chi connectivity index (χ1n) is 6.60. The average Bonchev–Trinajstić information content (AvgIpc) is 2.90. The molecule has 2 aromatic rings. The van der Waals surface area contributed by atoms with Crippen LogP contribution in [-0.4, -0.2) is 28.3 Å². The lowest BCUT2D eigenvalue weighted by molar-refractivity contribution is 0.0526. The zero-order chi connectivity index (χ0) is 15.4. The molecule has 2 N–H and O–H groups in total. The van der Waals surface area contributed by atoms with Crippen LogP contribution in [0.15, 0.2) is 30.6 Å². The molecule has 0 radical (unpaired) electrons. The molecule has 0 aliphatic carbocycles. The highest BCUT2D eigenvalue weighted by Gasteiger charge is 2.10. The van der Waals surface area contributed by atoms with Crippen LogP contribution in [0.1, 0.15) is 38.8 Å². The first-order chi connectivity index (χ1) is 10.0. The van der Waals surface area contributed by atoms with Crippen molar-refractivity contribution in [1.29, 1.82) is 0 Å². The second kappa shape index (κ2) is 6.21.